The molecule has 0 fully saturated rings. The molecule has 0 atom stereocenters. The summed E-state index contributed by atoms with van der Waals surface area (Å²) in [5.41, 5.74) is 1.71. The second-order valence-electron chi connectivity index (χ2n) is 6.45. The largest absolute Gasteiger partial charge is 0.495 e. The third-order valence-electron chi connectivity index (χ3n) is 4.03. The second-order valence-corrected chi connectivity index (χ2v) is 7.26. The SMILES string of the molecule is COc1c(C(=O)Cc2ccc(Cl)c(Cl)c2)ccc2c1C=CC(C)(C)O2. The van der Waals surface area contributed by atoms with Crippen molar-refractivity contribution in [3.63, 3.8) is 0 Å². The summed E-state index contributed by atoms with van der Waals surface area (Å²) in [4.78, 5) is 12.8. The fourth-order valence-electron chi connectivity index (χ4n) is 2.80. The Bertz CT molecular complexity index is 869. The fourth-order valence-corrected chi connectivity index (χ4v) is 3.12. The van der Waals surface area contributed by atoms with Gasteiger partial charge >= 0.3 is 0 Å². The van der Waals surface area contributed by atoms with Crippen molar-refractivity contribution in [2.24, 2.45) is 0 Å². The van der Waals surface area contributed by atoms with Crippen molar-refractivity contribution in [1.29, 1.82) is 0 Å². The number of carbonyl (C=O) groups excluding carboxylic acids is 1. The Hall–Kier alpha value is -1.97. The number of rotatable bonds is 4. The summed E-state index contributed by atoms with van der Waals surface area (Å²) in [5.74, 6) is 1.17. The zero-order valence-electron chi connectivity index (χ0n) is 14.2. The van der Waals surface area contributed by atoms with E-state index in [1.54, 1.807) is 31.4 Å². The number of hydrogen-bond donors (Lipinski definition) is 0. The van der Waals surface area contributed by atoms with E-state index < -0.39 is 0 Å². The van der Waals surface area contributed by atoms with Gasteiger partial charge in [0.25, 0.3) is 0 Å². The van der Waals surface area contributed by atoms with Gasteiger partial charge in [0.1, 0.15) is 17.1 Å². The molecule has 0 radical (unpaired) electrons. The minimum atomic E-state index is -0.385. The molecule has 0 spiro atoms. The van der Waals surface area contributed by atoms with Crippen LogP contribution in [-0.4, -0.2) is 18.5 Å². The van der Waals surface area contributed by atoms with Crippen LogP contribution >= 0.6 is 23.2 Å². The molecule has 1 heterocycles. The van der Waals surface area contributed by atoms with Gasteiger partial charge in [0.2, 0.25) is 0 Å². The first kappa shape index (κ1) is 17.8. The molecule has 0 aliphatic carbocycles. The third-order valence-corrected chi connectivity index (χ3v) is 4.77. The van der Waals surface area contributed by atoms with Gasteiger partial charge in [-0.1, -0.05) is 29.3 Å². The third kappa shape index (κ3) is 3.68. The maximum Gasteiger partial charge on any atom is 0.170 e. The highest BCUT2D eigenvalue weighted by molar-refractivity contribution is 6.42. The number of Topliss-reactive ketones (excluding diaryl/α,β-unsaturated/α-hetero) is 1. The summed E-state index contributed by atoms with van der Waals surface area (Å²) in [6, 6.07) is 8.74. The molecule has 1 aliphatic rings. The molecule has 3 rings (SSSR count). The monoisotopic (exact) mass is 376 g/mol. The molecule has 130 valence electrons. The molecule has 0 saturated carbocycles. The lowest BCUT2D eigenvalue weighted by Crippen LogP contribution is -2.27. The van der Waals surface area contributed by atoms with Crippen LogP contribution in [0, 0.1) is 0 Å². The molecule has 1 aliphatic heterocycles. The van der Waals surface area contributed by atoms with Crippen LogP contribution in [0.25, 0.3) is 6.08 Å². The summed E-state index contributed by atoms with van der Waals surface area (Å²) in [5, 5.41) is 0.900. The van der Waals surface area contributed by atoms with E-state index in [1.807, 2.05) is 32.1 Å². The first-order valence-corrected chi connectivity index (χ1v) is 8.63. The Morgan fingerprint density at radius 3 is 2.60 bits per heavy atom. The molecule has 0 saturated heterocycles. The van der Waals surface area contributed by atoms with E-state index in [9.17, 15) is 4.79 Å². The standard InChI is InChI=1S/C20H18Cl2O3/c1-20(2)9-8-14-18(25-20)7-5-13(19(14)24-3)17(23)11-12-4-6-15(21)16(22)10-12/h4-10H,11H2,1-3H3. The van der Waals surface area contributed by atoms with E-state index in [0.29, 0.717) is 27.1 Å². The Labute approximate surface area is 157 Å². The number of methoxy groups -OCH3 is 1. The van der Waals surface area contributed by atoms with Crippen LogP contribution in [0.3, 0.4) is 0 Å². The van der Waals surface area contributed by atoms with Crippen molar-refractivity contribution in [2.45, 2.75) is 25.9 Å². The van der Waals surface area contributed by atoms with Gasteiger partial charge in [0.05, 0.1) is 28.3 Å². The first-order chi connectivity index (χ1) is 11.8. The molecule has 25 heavy (non-hydrogen) atoms. The van der Waals surface area contributed by atoms with Crippen LogP contribution < -0.4 is 9.47 Å². The predicted octanol–water partition coefficient (Wildman–Crippen LogP) is 5.61. The molecular weight excluding hydrogens is 359 g/mol. The highest BCUT2D eigenvalue weighted by Gasteiger charge is 2.26. The second kappa shape index (κ2) is 6.74. The fraction of sp³-hybridized carbons (Fsp3) is 0.250. The maximum absolute atomic E-state index is 12.8. The van der Waals surface area contributed by atoms with E-state index in [0.717, 1.165) is 11.1 Å². The molecule has 2 aromatic carbocycles. The molecule has 0 aromatic heterocycles. The van der Waals surface area contributed by atoms with Gasteiger partial charge in [-0.15, -0.1) is 0 Å². The smallest absolute Gasteiger partial charge is 0.170 e. The Kier molecular flexibility index (Phi) is 4.81. The highest BCUT2D eigenvalue weighted by atomic mass is 35.5. The average Bonchev–Trinajstić information content (AvgIpc) is 2.56. The van der Waals surface area contributed by atoms with Crippen molar-refractivity contribution < 1.29 is 14.3 Å². The van der Waals surface area contributed by atoms with Crippen molar-refractivity contribution >= 4 is 35.1 Å². The van der Waals surface area contributed by atoms with Crippen LogP contribution in [-0.2, 0) is 6.42 Å². The Morgan fingerprint density at radius 2 is 1.92 bits per heavy atom. The van der Waals surface area contributed by atoms with Gasteiger partial charge in [-0.05, 0) is 55.8 Å². The van der Waals surface area contributed by atoms with Crippen molar-refractivity contribution in [2.75, 3.05) is 7.11 Å². The normalized spacial score (nSPS) is 14.6. The molecule has 0 bridgehead atoms. The lowest BCUT2D eigenvalue weighted by molar-refractivity contribution is 0.0989. The lowest BCUT2D eigenvalue weighted by atomic mass is 9.96. The summed E-state index contributed by atoms with van der Waals surface area (Å²) in [6.45, 7) is 3.95. The average molecular weight is 377 g/mol. The van der Waals surface area contributed by atoms with E-state index in [-0.39, 0.29) is 17.8 Å². The minimum absolute atomic E-state index is 0.0590. The molecule has 3 nitrogen and oxygen atoms in total. The van der Waals surface area contributed by atoms with Gasteiger partial charge in [-0.3, -0.25) is 4.79 Å². The number of halogens is 2. The van der Waals surface area contributed by atoms with Gasteiger partial charge in [0.15, 0.2) is 5.78 Å². The quantitative estimate of drug-likeness (QED) is 0.650. The number of benzene rings is 2. The van der Waals surface area contributed by atoms with Crippen LogP contribution in [0.2, 0.25) is 10.0 Å². The van der Waals surface area contributed by atoms with Crippen molar-refractivity contribution in [3.8, 4) is 11.5 Å². The number of hydrogen-bond acceptors (Lipinski definition) is 3. The topological polar surface area (TPSA) is 35.5 Å². The number of ether oxygens (including phenoxy) is 2. The molecule has 0 N–H and O–H groups in total. The van der Waals surface area contributed by atoms with Crippen LogP contribution in [0.15, 0.2) is 36.4 Å². The Balaban J connectivity index is 1.94. The molecule has 2 aromatic rings. The molecule has 0 unspecified atom stereocenters. The minimum Gasteiger partial charge on any atom is -0.495 e. The predicted molar refractivity (Wildman–Crippen MR) is 101 cm³/mol. The van der Waals surface area contributed by atoms with E-state index in [4.69, 9.17) is 32.7 Å². The van der Waals surface area contributed by atoms with Gasteiger partial charge in [-0.25, -0.2) is 0 Å². The lowest BCUT2D eigenvalue weighted by Gasteiger charge is -2.29. The number of fused-ring (bicyclic) bond motifs is 1. The van der Waals surface area contributed by atoms with E-state index in [2.05, 4.69) is 0 Å². The van der Waals surface area contributed by atoms with Crippen LogP contribution in [0.1, 0.15) is 35.3 Å². The Morgan fingerprint density at radius 1 is 1.16 bits per heavy atom. The zero-order valence-corrected chi connectivity index (χ0v) is 15.7. The molecule has 0 amide bonds. The van der Waals surface area contributed by atoms with Gasteiger partial charge < -0.3 is 9.47 Å². The first-order valence-electron chi connectivity index (χ1n) is 7.87. The number of carbonyl (C=O) groups is 1. The van der Waals surface area contributed by atoms with Crippen LogP contribution in [0.5, 0.6) is 11.5 Å². The van der Waals surface area contributed by atoms with Gasteiger partial charge in [0, 0.05) is 6.42 Å². The van der Waals surface area contributed by atoms with E-state index >= 15 is 0 Å². The highest BCUT2D eigenvalue weighted by Crippen LogP contribution is 2.39. The van der Waals surface area contributed by atoms with Crippen molar-refractivity contribution in [1.82, 2.24) is 0 Å². The molecular formula is C20H18Cl2O3. The van der Waals surface area contributed by atoms with Crippen molar-refractivity contribution in [3.05, 3.63) is 63.1 Å². The van der Waals surface area contributed by atoms with Gasteiger partial charge in [-0.2, -0.15) is 0 Å². The number of ketones is 1. The summed E-state index contributed by atoms with van der Waals surface area (Å²) < 4.78 is 11.4. The maximum atomic E-state index is 12.8. The molecule has 5 heteroatoms. The summed E-state index contributed by atoms with van der Waals surface area (Å²) >= 11 is 12.0. The summed E-state index contributed by atoms with van der Waals surface area (Å²) in [6.07, 6.45) is 4.10. The zero-order chi connectivity index (χ0) is 18.2. The summed E-state index contributed by atoms with van der Waals surface area (Å²) in [7, 11) is 1.55. The van der Waals surface area contributed by atoms with E-state index in [1.165, 1.54) is 0 Å². The van der Waals surface area contributed by atoms with Crippen LogP contribution in [0.4, 0.5) is 0 Å².